The van der Waals surface area contributed by atoms with Crippen molar-refractivity contribution in [2.75, 3.05) is 0 Å². The minimum atomic E-state index is -1.33. The van der Waals surface area contributed by atoms with E-state index >= 15 is 0 Å². The van der Waals surface area contributed by atoms with Gasteiger partial charge >= 0.3 is 18.2 Å². The molecule has 3 saturated carbocycles. The number of hydrogen-bond acceptors (Lipinski definition) is 4. The van der Waals surface area contributed by atoms with Crippen molar-refractivity contribution in [3.8, 4) is 0 Å². The molecule has 2 bridgehead atoms. The molecule has 5 N–H and O–H groups in total. The monoisotopic (exact) mass is 288 g/mol. The van der Waals surface area contributed by atoms with E-state index in [2.05, 4.69) is 11.1 Å². The Morgan fingerprint density at radius 3 is 1.85 bits per heavy atom. The second-order valence-electron chi connectivity index (χ2n) is 6.36. The van der Waals surface area contributed by atoms with Gasteiger partial charge in [-0.15, -0.1) is 0 Å². The molecule has 3 aliphatic rings. The van der Waals surface area contributed by atoms with Crippen LogP contribution in [0.15, 0.2) is 0 Å². The summed E-state index contributed by atoms with van der Waals surface area (Å²) in [5.74, 6) is -0.750. The van der Waals surface area contributed by atoms with Crippen LogP contribution in [0.25, 0.3) is 0 Å². The van der Waals surface area contributed by atoms with Crippen molar-refractivity contribution in [2.24, 2.45) is 11.1 Å². The number of alkyl carbamates (subject to hydrolysis) is 1. The van der Waals surface area contributed by atoms with Gasteiger partial charge < -0.3 is 26.0 Å². The standard InChI is InChI=1S/C11H17NO4.CH3NO2/c1-9(2,3)16-8(15)12-11-4-10(5-11,6-11)7(13)14;2-1(3)4/h4-6H2,1-3H3,(H,12,15)(H,13,14);2H2,(H,3,4). The fourth-order valence-corrected chi connectivity index (χ4v) is 2.67. The average Bonchev–Trinajstić information content (AvgIpc) is 2.03. The SMILES string of the molecule is CC(C)(C)OC(=O)NC12CC(C(=O)O)(C1)C2.NC(=O)O. The maximum atomic E-state index is 11.5. The normalized spacial score (nSPS) is 29.8. The van der Waals surface area contributed by atoms with Crippen LogP contribution in [0.4, 0.5) is 9.59 Å². The van der Waals surface area contributed by atoms with E-state index < -0.39 is 29.2 Å². The molecule has 0 aromatic heterocycles. The summed E-state index contributed by atoms with van der Waals surface area (Å²) in [5, 5.41) is 18.9. The molecule has 8 heteroatoms. The summed E-state index contributed by atoms with van der Waals surface area (Å²) in [6.07, 6.45) is -0.177. The van der Waals surface area contributed by atoms with Crippen molar-refractivity contribution in [3.63, 3.8) is 0 Å². The van der Waals surface area contributed by atoms with Crippen LogP contribution in [0.5, 0.6) is 0 Å². The zero-order chi connectivity index (χ0) is 15.8. The van der Waals surface area contributed by atoms with E-state index in [-0.39, 0.29) is 5.54 Å². The maximum absolute atomic E-state index is 11.5. The van der Waals surface area contributed by atoms with Crippen molar-refractivity contribution < 1.29 is 29.3 Å². The molecular formula is C12H20N2O6. The molecule has 8 nitrogen and oxygen atoms in total. The van der Waals surface area contributed by atoms with Crippen LogP contribution in [0.3, 0.4) is 0 Å². The van der Waals surface area contributed by atoms with Gasteiger partial charge in [0, 0.05) is 5.54 Å². The fourth-order valence-electron chi connectivity index (χ4n) is 2.67. The molecule has 0 heterocycles. The summed E-state index contributed by atoms with van der Waals surface area (Å²) in [5.41, 5.74) is 2.65. The summed E-state index contributed by atoms with van der Waals surface area (Å²) < 4.78 is 5.13. The van der Waals surface area contributed by atoms with Crippen LogP contribution < -0.4 is 11.1 Å². The Kier molecular flexibility index (Phi) is 3.89. The van der Waals surface area contributed by atoms with Gasteiger partial charge in [0.2, 0.25) is 0 Å². The topological polar surface area (TPSA) is 139 Å². The highest BCUT2D eigenvalue weighted by Crippen LogP contribution is 2.67. The average molecular weight is 288 g/mol. The number of carboxylic acids is 1. The lowest BCUT2D eigenvalue weighted by Crippen LogP contribution is -2.77. The summed E-state index contributed by atoms with van der Waals surface area (Å²) in [7, 11) is 0. The Bertz CT molecular complexity index is 416. The Labute approximate surface area is 116 Å². The van der Waals surface area contributed by atoms with Crippen molar-refractivity contribution in [2.45, 2.75) is 51.2 Å². The lowest BCUT2D eigenvalue weighted by molar-refractivity contribution is -0.197. The van der Waals surface area contributed by atoms with E-state index in [1.807, 2.05) is 0 Å². The van der Waals surface area contributed by atoms with E-state index in [0.717, 1.165) is 0 Å². The molecule has 0 radical (unpaired) electrons. The first-order valence-corrected chi connectivity index (χ1v) is 6.13. The molecule has 0 atom stereocenters. The quantitative estimate of drug-likeness (QED) is 0.601. The number of carbonyl (C=O) groups is 3. The van der Waals surface area contributed by atoms with Gasteiger partial charge in [0.25, 0.3) is 0 Å². The third-order valence-electron chi connectivity index (χ3n) is 3.25. The molecule has 20 heavy (non-hydrogen) atoms. The first-order valence-electron chi connectivity index (χ1n) is 6.13. The second-order valence-corrected chi connectivity index (χ2v) is 6.36. The van der Waals surface area contributed by atoms with Crippen LogP contribution in [-0.4, -0.2) is 39.5 Å². The van der Waals surface area contributed by atoms with Crippen molar-refractivity contribution in [1.82, 2.24) is 5.32 Å². The number of nitrogens with one attached hydrogen (secondary N) is 1. The predicted octanol–water partition coefficient (Wildman–Crippen LogP) is 1.14. The van der Waals surface area contributed by atoms with Crippen molar-refractivity contribution >= 4 is 18.2 Å². The number of aliphatic carboxylic acids is 1. The highest BCUT2D eigenvalue weighted by molar-refractivity contribution is 5.82. The Morgan fingerprint density at radius 1 is 1.15 bits per heavy atom. The van der Waals surface area contributed by atoms with Gasteiger partial charge in [-0.3, -0.25) is 4.79 Å². The molecule has 0 aromatic rings. The molecule has 114 valence electrons. The number of rotatable bonds is 2. The third-order valence-corrected chi connectivity index (χ3v) is 3.25. The first-order chi connectivity index (χ1) is 8.90. The summed E-state index contributed by atoms with van der Waals surface area (Å²) in [4.78, 5) is 31.1. The van der Waals surface area contributed by atoms with Crippen LogP contribution >= 0.6 is 0 Å². The Balaban J connectivity index is 0.000000444. The smallest absolute Gasteiger partial charge is 0.408 e. The van der Waals surface area contributed by atoms with Crippen LogP contribution in [0.1, 0.15) is 40.0 Å². The third kappa shape index (κ3) is 3.52. The van der Waals surface area contributed by atoms with Crippen LogP contribution in [-0.2, 0) is 9.53 Å². The zero-order valence-electron chi connectivity index (χ0n) is 11.7. The molecule has 2 amide bonds. The maximum Gasteiger partial charge on any atom is 0.408 e. The highest BCUT2D eigenvalue weighted by Gasteiger charge is 2.72. The molecule has 3 aliphatic carbocycles. The minimum absolute atomic E-state index is 0.305. The number of hydrogen-bond donors (Lipinski definition) is 4. The fraction of sp³-hybridized carbons (Fsp3) is 0.750. The van der Waals surface area contributed by atoms with Crippen LogP contribution in [0.2, 0.25) is 0 Å². The largest absolute Gasteiger partial charge is 0.481 e. The second kappa shape index (κ2) is 4.84. The number of primary amides is 1. The molecule has 3 rings (SSSR count). The van der Waals surface area contributed by atoms with E-state index in [9.17, 15) is 9.59 Å². The first kappa shape index (κ1) is 16.1. The summed E-state index contributed by atoms with van der Waals surface area (Å²) >= 11 is 0. The van der Waals surface area contributed by atoms with Crippen molar-refractivity contribution in [1.29, 1.82) is 0 Å². The van der Waals surface area contributed by atoms with E-state index in [4.69, 9.17) is 19.7 Å². The van der Waals surface area contributed by atoms with Gasteiger partial charge in [0.1, 0.15) is 5.60 Å². The number of ether oxygens (including phenoxy) is 1. The lowest BCUT2D eigenvalue weighted by Gasteiger charge is -2.67. The molecule has 3 fully saturated rings. The number of nitrogens with two attached hydrogens (primary N) is 1. The van der Waals surface area contributed by atoms with Gasteiger partial charge in [-0.05, 0) is 40.0 Å². The van der Waals surface area contributed by atoms with E-state index in [1.54, 1.807) is 20.8 Å². The van der Waals surface area contributed by atoms with E-state index in [0.29, 0.717) is 19.3 Å². The van der Waals surface area contributed by atoms with Gasteiger partial charge in [0.05, 0.1) is 5.41 Å². The molecule has 0 aromatic carbocycles. The zero-order valence-corrected chi connectivity index (χ0v) is 11.7. The Morgan fingerprint density at radius 2 is 1.55 bits per heavy atom. The summed E-state index contributed by atoms with van der Waals surface area (Å²) in [6.45, 7) is 5.40. The predicted molar refractivity (Wildman–Crippen MR) is 68.2 cm³/mol. The van der Waals surface area contributed by atoms with Gasteiger partial charge in [-0.2, -0.15) is 0 Å². The van der Waals surface area contributed by atoms with Crippen molar-refractivity contribution in [3.05, 3.63) is 0 Å². The molecule has 0 unspecified atom stereocenters. The number of carboxylic acid groups (broad SMARTS) is 2. The lowest BCUT2D eigenvalue weighted by atomic mass is 9.39. The van der Waals surface area contributed by atoms with Crippen LogP contribution in [0, 0.1) is 5.41 Å². The Hall–Kier alpha value is -1.99. The van der Waals surface area contributed by atoms with E-state index in [1.165, 1.54) is 0 Å². The minimum Gasteiger partial charge on any atom is -0.481 e. The number of amides is 2. The van der Waals surface area contributed by atoms with Gasteiger partial charge in [-0.1, -0.05) is 0 Å². The molecule has 0 saturated heterocycles. The molecule has 0 spiro atoms. The summed E-state index contributed by atoms with van der Waals surface area (Å²) in [6, 6.07) is 0. The molecule has 0 aliphatic heterocycles. The molecular weight excluding hydrogens is 268 g/mol. The van der Waals surface area contributed by atoms with Gasteiger partial charge in [-0.25, -0.2) is 9.59 Å². The number of carbonyl (C=O) groups excluding carboxylic acids is 1. The highest BCUT2D eigenvalue weighted by atomic mass is 16.6. The van der Waals surface area contributed by atoms with Gasteiger partial charge in [0.15, 0.2) is 0 Å².